The quantitative estimate of drug-likeness (QED) is 0.829. The molecule has 3 nitrogen and oxygen atoms in total. The number of anilines is 1. The van der Waals surface area contributed by atoms with Crippen LogP contribution in [0.5, 0.6) is 0 Å². The summed E-state index contributed by atoms with van der Waals surface area (Å²) in [5, 5.41) is 5.30. The summed E-state index contributed by atoms with van der Waals surface area (Å²) in [6, 6.07) is 3.85. The summed E-state index contributed by atoms with van der Waals surface area (Å²) in [5.41, 5.74) is 0.294. The highest BCUT2D eigenvalue weighted by atomic mass is 19.4. The van der Waals surface area contributed by atoms with E-state index in [0.717, 1.165) is 6.07 Å². The zero-order chi connectivity index (χ0) is 13.9. The lowest BCUT2D eigenvalue weighted by molar-refractivity contribution is -0.137. The molecule has 0 saturated carbocycles. The van der Waals surface area contributed by atoms with Crippen molar-refractivity contribution in [3.63, 3.8) is 0 Å². The van der Waals surface area contributed by atoms with Crippen molar-refractivity contribution in [3.8, 4) is 0 Å². The average molecular weight is 270 g/mol. The number of carbonyl (C=O) groups is 1. The summed E-state index contributed by atoms with van der Waals surface area (Å²) in [7, 11) is 0. The van der Waals surface area contributed by atoms with Crippen molar-refractivity contribution >= 4 is 17.7 Å². The molecule has 0 bridgehead atoms. The molecule has 0 aliphatic carbocycles. The number of hydrogen-bond acceptors (Lipinski definition) is 2. The largest absolute Gasteiger partial charge is 0.417 e. The molecule has 1 aromatic carbocycles. The molecular formula is C13H13F3N2O. The molecule has 0 saturated heterocycles. The van der Waals surface area contributed by atoms with Gasteiger partial charge in [0.05, 0.1) is 5.56 Å². The number of alkyl halides is 3. The van der Waals surface area contributed by atoms with Crippen LogP contribution in [0.3, 0.4) is 0 Å². The van der Waals surface area contributed by atoms with Crippen molar-refractivity contribution in [3.05, 3.63) is 35.4 Å². The summed E-state index contributed by atoms with van der Waals surface area (Å²) in [5.74, 6) is 0. The number of hydrogen-bond donors (Lipinski definition) is 2. The maximum atomic E-state index is 13.1. The van der Waals surface area contributed by atoms with Gasteiger partial charge >= 0.3 is 6.18 Å². The van der Waals surface area contributed by atoms with Gasteiger partial charge in [0.2, 0.25) is 6.41 Å². The van der Waals surface area contributed by atoms with E-state index in [9.17, 15) is 18.0 Å². The van der Waals surface area contributed by atoms with Crippen LogP contribution < -0.4 is 10.6 Å². The fourth-order valence-electron chi connectivity index (χ4n) is 2.08. The van der Waals surface area contributed by atoms with Gasteiger partial charge in [-0.25, -0.2) is 0 Å². The summed E-state index contributed by atoms with van der Waals surface area (Å²) < 4.78 is 39.2. The minimum absolute atomic E-state index is 0.139. The summed E-state index contributed by atoms with van der Waals surface area (Å²) in [6.07, 6.45) is -1.76. The lowest BCUT2D eigenvalue weighted by Crippen LogP contribution is -2.21. The molecule has 1 heterocycles. The van der Waals surface area contributed by atoms with Crippen molar-refractivity contribution in [1.82, 2.24) is 5.32 Å². The Morgan fingerprint density at radius 1 is 1.32 bits per heavy atom. The fraction of sp³-hybridized carbons (Fsp3) is 0.308. The second-order valence-corrected chi connectivity index (χ2v) is 4.20. The van der Waals surface area contributed by atoms with Crippen molar-refractivity contribution < 1.29 is 18.0 Å². The normalized spacial score (nSPS) is 15.8. The predicted octanol–water partition coefficient (Wildman–Crippen LogP) is 2.65. The number of carbonyl (C=O) groups excluding carboxylic acids is 1. The van der Waals surface area contributed by atoms with E-state index in [-0.39, 0.29) is 11.3 Å². The van der Waals surface area contributed by atoms with Crippen molar-refractivity contribution in [2.75, 3.05) is 18.4 Å². The molecule has 2 rings (SSSR count). The number of halogens is 3. The maximum Gasteiger partial charge on any atom is 0.417 e. The minimum atomic E-state index is -4.44. The molecule has 102 valence electrons. The van der Waals surface area contributed by atoms with E-state index in [1.807, 2.05) is 0 Å². The number of rotatable bonds is 3. The van der Waals surface area contributed by atoms with Crippen LogP contribution in [0.1, 0.15) is 17.5 Å². The molecule has 0 aromatic heterocycles. The molecule has 1 aliphatic heterocycles. The Morgan fingerprint density at radius 2 is 2.11 bits per heavy atom. The van der Waals surface area contributed by atoms with Gasteiger partial charge in [0.1, 0.15) is 0 Å². The standard InChI is InChI=1S/C13H13F3N2O/c14-13(15,16)12-7-10(18-8-19)1-2-11(12)9-3-5-17-6-4-9/h1-3,7-8,17H,4-6H2,(H,18,19). The van der Waals surface area contributed by atoms with Gasteiger partial charge in [-0.05, 0) is 36.2 Å². The van der Waals surface area contributed by atoms with Crippen LogP contribution in [-0.4, -0.2) is 19.5 Å². The molecule has 1 aromatic rings. The van der Waals surface area contributed by atoms with Gasteiger partial charge in [-0.3, -0.25) is 4.79 Å². The lowest BCUT2D eigenvalue weighted by Gasteiger charge is -2.19. The molecule has 2 N–H and O–H groups in total. The first-order valence-corrected chi connectivity index (χ1v) is 5.84. The van der Waals surface area contributed by atoms with Gasteiger partial charge in [0.25, 0.3) is 0 Å². The van der Waals surface area contributed by atoms with Gasteiger partial charge in [-0.1, -0.05) is 12.1 Å². The molecule has 0 atom stereocenters. The third kappa shape index (κ3) is 3.14. The molecule has 6 heteroatoms. The topological polar surface area (TPSA) is 41.1 Å². The molecule has 0 radical (unpaired) electrons. The number of nitrogens with one attached hydrogen (secondary N) is 2. The van der Waals surface area contributed by atoms with E-state index < -0.39 is 11.7 Å². The second kappa shape index (κ2) is 5.44. The zero-order valence-electron chi connectivity index (χ0n) is 10.1. The Balaban J connectivity index is 2.47. The first kappa shape index (κ1) is 13.6. The van der Waals surface area contributed by atoms with Gasteiger partial charge in [-0.15, -0.1) is 0 Å². The van der Waals surface area contributed by atoms with E-state index in [1.54, 1.807) is 6.08 Å². The monoisotopic (exact) mass is 270 g/mol. The summed E-state index contributed by atoms with van der Waals surface area (Å²) in [4.78, 5) is 10.3. The van der Waals surface area contributed by atoms with Gasteiger partial charge in [0, 0.05) is 12.2 Å². The van der Waals surface area contributed by atoms with Gasteiger partial charge < -0.3 is 10.6 Å². The van der Waals surface area contributed by atoms with Crippen molar-refractivity contribution in [2.24, 2.45) is 0 Å². The maximum absolute atomic E-state index is 13.1. The minimum Gasteiger partial charge on any atom is -0.329 e. The lowest BCUT2D eigenvalue weighted by atomic mass is 9.94. The van der Waals surface area contributed by atoms with Crippen LogP contribution in [0.25, 0.3) is 5.57 Å². The molecule has 0 spiro atoms. The highest BCUT2D eigenvalue weighted by Crippen LogP contribution is 2.37. The fourth-order valence-corrected chi connectivity index (χ4v) is 2.08. The second-order valence-electron chi connectivity index (χ2n) is 4.20. The molecule has 1 amide bonds. The van der Waals surface area contributed by atoms with Crippen LogP contribution in [0.15, 0.2) is 24.3 Å². The van der Waals surface area contributed by atoms with Crippen LogP contribution >= 0.6 is 0 Å². The van der Waals surface area contributed by atoms with Crippen LogP contribution in [0, 0.1) is 0 Å². The van der Waals surface area contributed by atoms with Crippen molar-refractivity contribution in [1.29, 1.82) is 0 Å². The number of benzene rings is 1. The highest BCUT2D eigenvalue weighted by molar-refractivity contribution is 5.76. The van der Waals surface area contributed by atoms with Crippen LogP contribution in [-0.2, 0) is 11.0 Å². The Bertz CT molecular complexity index is 509. The smallest absolute Gasteiger partial charge is 0.329 e. The number of amides is 1. The van der Waals surface area contributed by atoms with Gasteiger partial charge in [-0.2, -0.15) is 13.2 Å². The van der Waals surface area contributed by atoms with E-state index in [4.69, 9.17) is 0 Å². The average Bonchev–Trinajstić information content (AvgIpc) is 2.39. The first-order chi connectivity index (χ1) is 9.02. The Labute approximate surface area is 108 Å². The highest BCUT2D eigenvalue weighted by Gasteiger charge is 2.34. The summed E-state index contributed by atoms with van der Waals surface area (Å²) in [6.45, 7) is 1.23. The Kier molecular flexibility index (Phi) is 3.90. The van der Waals surface area contributed by atoms with E-state index >= 15 is 0 Å². The van der Waals surface area contributed by atoms with E-state index in [1.165, 1.54) is 12.1 Å². The molecule has 19 heavy (non-hydrogen) atoms. The van der Waals surface area contributed by atoms with Crippen molar-refractivity contribution in [2.45, 2.75) is 12.6 Å². The summed E-state index contributed by atoms with van der Waals surface area (Å²) >= 11 is 0. The van der Waals surface area contributed by atoms with Gasteiger partial charge in [0.15, 0.2) is 0 Å². The Morgan fingerprint density at radius 3 is 2.68 bits per heavy atom. The Hall–Kier alpha value is -1.82. The molecule has 0 fully saturated rings. The molecular weight excluding hydrogens is 257 g/mol. The molecule has 0 unspecified atom stereocenters. The SMILES string of the molecule is O=CNc1ccc(C2=CCNCC2)c(C(F)(F)F)c1. The van der Waals surface area contributed by atoms with Crippen LogP contribution in [0.4, 0.5) is 18.9 Å². The zero-order valence-corrected chi connectivity index (χ0v) is 10.1. The third-order valence-electron chi connectivity index (χ3n) is 2.96. The first-order valence-electron chi connectivity index (χ1n) is 5.84. The third-order valence-corrected chi connectivity index (χ3v) is 2.96. The van der Waals surface area contributed by atoms with Crippen LogP contribution in [0.2, 0.25) is 0 Å². The van der Waals surface area contributed by atoms with E-state index in [2.05, 4.69) is 10.6 Å². The van der Waals surface area contributed by atoms with E-state index in [0.29, 0.717) is 31.5 Å². The molecule has 1 aliphatic rings. The predicted molar refractivity (Wildman–Crippen MR) is 66.6 cm³/mol.